The Morgan fingerprint density at radius 1 is 1.50 bits per heavy atom. The summed E-state index contributed by atoms with van der Waals surface area (Å²) in [4.78, 5) is 7.00. The zero-order chi connectivity index (χ0) is 13.0. The normalized spacial score (nSPS) is 20.5. The standard InChI is InChI=1S/C14H21N3S/c1-2-11-4-3-8-17(9-6-11)12-5-7-16-13(10-12)14(15)18/h5,7,10-11H,2-4,6,8-9H2,1H3,(H2,15,18). The van der Waals surface area contributed by atoms with Crippen molar-refractivity contribution in [3.8, 4) is 0 Å². The quantitative estimate of drug-likeness (QED) is 0.852. The monoisotopic (exact) mass is 263 g/mol. The van der Waals surface area contributed by atoms with Gasteiger partial charge in [0.25, 0.3) is 0 Å². The largest absolute Gasteiger partial charge is 0.388 e. The molecule has 0 radical (unpaired) electrons. The molecule has 0 spiro atoms. The Morgan fingerprint density at radius 3 is 3.06 bits per heavy atom. The lowest BCUT2D eigenvalue weighted by Gasteiger charge is -2.23. The van der Waals surface area contributed by atoms with E-state index in [1.54, 1.807) is 6.20 Å². The molecule has 18 heavy (non-hydrogen) atoms. The van der Waals surface area contributed by atoms with Gasteiger partial charge in [0, 0.05) is 25.0 Å². The summed E-state index contributed by atoms with van der Waals surface area (Å²) in [6, 6.07) is 4.06. The van der Waals surface area contributed by atoms with Crippen LogP contribution in [0.5, 0.6) is 0 Å². The Balaban J connectivity index is 2.11. The molecule has 0 aliphatic carbocycles. The first-order chi connectivity index (χ1) is 8.70. The predicted molar refractivity (Wildman–Crippen MR) is 80.0 cm³/mol. The van der Waals surface area contributed by atoms with Crippen molar-refractivity contribution in [3.05, 3.63) is 24.0 Å². The maximum Gasteiger partial charge on any atom is 0.122 e. The molecule has 0 aromatic carbocycles. The van der Waals surface area contributed by atoms with Crippen LogP contribution in [-0.4, -0.2) is 23.1 Å². The molecule has 0 saturated carbocycles. The minimum absolute atomic E-state index is 0.373. The van der Waals surface area contributed by atoms with Crippen LogP contribution in [0.25, 0.3) is 0 Å². The summed E-state index contributed by atoms with van der Waals surface area (Å²) in [6.07, 6.45) is 6.99. The molecule has 0 amide bonds. The Morgan fingerprint density at radius 2 is 2.33 bits per heavy atom. The third-order valence-electron chi connectivity index (χ3n) is 3.79. The summed E-state index contributed by atoms with van der Waals surface area (Å²) in [6.45, 7) is 4.54. The molecular formula is C14H21N3S. The summed E-state index contributed by atoms with van der Waals surface area (Å²) >= 11 is 4.98. The van der Waals surface area contributed by atoms with Crippen molar-refractivity contribution in [2.24, 2.45) is 11.7 Å². The van der Waals surface area contributed by atoms with E-state index in [-0.39, 0.29) is 0 Å². The molecule has 98 valence electrons. The Labute approximate surface area is 114 Å². The van der Waals surface area contributed by atoms with Crippen molar-refractivity contribution in [2.45, 2.75) is 32.6 Å². The minimum Gasteiger partial charge on any atom is -0.388 e. The average molecular weight is 263 g/mol. The van der Waals surface area contributed by atoms with E-state index < -0.39 is 0 Å². The van der Waals surface area contributed by atoms with Crippen molar-refractivity contribution < 1.29 is 0 Å². The van der Waals surface area contributed by atoms with Crippen LogP contribution in [0.4, 0.5) is 5.69 Å². The van der Waals surface area contributed by atoms with E-state index in [2.05, 4.69) is 16.8 Å². The van der Waals surface area contributed by atoms with E-state index in [1.807, 2.05) is 12.1 Å². The van der Waals surface area contributed by atoms with E-state index in [9.17, 15) is 0 Å². The number of hydrogen-bond donors (Lipinski definition) is 1. The van der Waals surface area contributed by atoms with Crippen LogP contribution in [0, 0.1) is 5.92 Å². The molecule has 4 heteroatoms. The van der Waals surface area contributed by atoms with E-state index in [0.717, 1.165) is 24.7 Å². The molecule has 1 saturated heterocycles. The number of aromatic nitrogens is 1. The van der Waals surface area contributed by atoms with Gasteiger partial charge < -0.3 is 10.6 Å². The van der Waals surface area contributed by atoms with E-state index in [4.69, 9.17) is 18.0 Å². The fourth-order valence-electron chi connectivity index (χ4n) is 2.58. The van der Waals surface area contributed by atoms with Gasteiger partial charge in [-0.05, 0) is 37.3 Å². The zero-order valence-electron chi connectivity index (χ0n) is 10.9. The van der Waals surface area contributed by atoms with E-state index in [1.165, 1.54) is 31.4 Å². The fourth-order valence-corrected chi connectivity index (χ4v) is 2.69. The zero-order valence-corrected chi connectivity index (χ0v) is 11.7. The van der Waals surface area contributed by atoms with E-state index in [0.29, 0.717) is 4.99 Å². The highest BCUT2D eigenvalue weighted by Crippen LogP contribution is 2.24. The highest BCUT2D eigenvalue weighted by molar-refractivity contribution is 7.80. The van der Waals surface area contributed by atoms with Gasteiger partial charge in [0.05, 0.1) is 5.69 Å². The first-order valence-electron chi connectivity index (χ1n) is 6.71. The second kappa shape index (κ2) is 6.14. The molecule has 1 aromatic rings. The molecule has 3 nitrogen and oxygen atoms in total. The van der Waals surface area contributed by atoms with Crippen LogP contribution in [0.2, 0.25) is 0 Å². The summed E-state index contributed by atoms with van der Waals surface area (Å²) in [5, 5.41) is 0. The smallest absolute Gasteiger partial charge is 0.122 e. The molecule has 1 fully saturated rings. The fraction of sp³-hybridized carbons (Fsp3) is 0.571. The number of nitrogens with zero attached hydrogens (tertiary/aromatic N) is 2. The summed E-state index contributed by atoms with van der Waals surface area (Å²) in [7, 11) is 0. The molecule has 2 heterocycles. The van der Waals surface area contributed by atoms with E-state index >= 15 is 0 Å². The lowest BCUT2D eigenvalue weighted by molar-refractivity contribution is 0.459. The van der Waals surface area contributed by atoms with Crippen LogP contribution in [0.3, 0.4) is 0 Å². The van der Waals surface area contributed by atoms with Gasteiger partial charge in [0.2, 0.25) is 0 Å². The maximum atomic E-state index is 5.64. The molecule has 1 aliphatic rings. The third kappa shape index (κ3) is 3.19. The first-order valence-corrected chi connectivity index (χ1v) is 7.12. The molecular weight excluding hydrogens is 242 g/mol. The molecule has 1 unspecified atom stereocenters. The number of hydrogen-bond acceptors (Lipinski definition) is 3. The molecule has 1 aliphatic heterocycles. The van der Waals surface area contributed by atoms with Crippen molar-refractivity contribution in [2.75, 3.05) is 18.0 Å². The van der Waals surface area contributed by atoms with Gasteiger partial charge in [-0.15, -0.1) is 0 Å². The van der Waals surface area contributed by atoms with Crippen molar-refractivity contribution in [3.63, 3.8) is 0 Å². The van der Waals surface area contributed by atoms with Crippen molar-refractivity contribution in [1.29, 1.82) is 0 Å². The van der Waals surface area contributed by atoms with Crippen LogP contribution < -0.4 is 10.6 Å². The van der Waals surface area contributed by atoms with Crippen LogP contribution in [0.15, 0.2) is 18.3 Å². The summed E-state index contributed by atoms with van der Waals surface area (Å²) < 4.78 is 0. The number of rotatable bonds is 3. The summed E-state index contributed by atoms with van der Waals surface area (Å²) in [5.74, 6) is 0.881. The Kier molecular flexibility index (Phi) is 4.53. The van der Waals surface area contributed by atoms with Gasteiger partial charge in [0.15, 0.2) is 0 Å². The molecule has 0 bridgehead atoms. The van der Waals surface area contributed by atoms with Crippen LogP contribution in [0.1, 0.15) is 38.3 Å². The number of nitrogens with two attached hydrogens (primary N) is 1. The van der Waals surface area contributed by atoms with Crippen LogP contribution >= 0.6 is 12.2 Å². The van der Waals surface area contributed by atoms with Gasteiger partial charge in [-0.3, -0.25) is 4.98 Å². The van der Waals surface area contributed by atoms with Gasteiger partial charge in [-0.1, -0.05) is 25.6 Å². The number of pyridine rings is 1. The molecule has 2 N–H and O–H groups in total. The van der Waals surface area contributed by atoms with Crippen molar-refractivity contribution in [1.82, 2.24) is 4.98 Å². The minimum atomic E-state index is 0.373. The van der Waals surface area contributed by atoms with Gasteiger partial charge >= 0.3 is 0 Å². The molecule has 2 rings (SSSR count). The Hall–Kier alpha value is -1.16. The second-order valence-corrected chi connectivity index (χ2v) is 5.40. The number of anilines is 1. The van der Waals surface area contributed by atoms with Crippen molar-refractivity contribution >= 4 is 22.9 Å². The second-order valence-electron chi connectivity index (χ2n) is 4.96. The average Bonchev–Trinajstić information content (AvgIpc) is 2.64. The maximum absolute atomic E-state index is 5.64. The lowest BCUT2D eigenvalue weighted by atomic mass is 9.98. The third-order valence-corrected chi connectivity index (χ3v) is 4.00. The van der Waals surface area contributed by atoms with Gasteiger partial charge in [0.1, 0.15) is 4.99 Å². The topological polar surface area (TPSA) is 42.2 Å². The Bertz CT molecular complexity index is 419. The van der Waals surface area contributed by atoms with Crippen LogP contribution in [-0.2, 0) is 0 Å². The SMILES string of the molecule is CCC1CCCN(c2ccnc(C(N)=S)c2)CC1. The summed E-state index contributed by atoms with van der Waals surface area (Å²) in [5.41, 5.74) is 7.56. The van der Waals surface area contributed by atoms with Gasteiger partial charge in [-0.2, -0.15) is 0 Å². The highest BCUT2D eigenvalue weighted by atomic mass is 32.1. The van der Waals surface area contributed by atoms with Gasteiger partial charge in [-0.25, -0.2) is 0 Å². The number of thiocarbonyl (C=S) groups is 1. The highest BCUT2D eigenvalue weighted by Gasteiger charge is 2.16. The molecule has 1 aromatic heterocycles. The predicted octanol–water partition coefficient (Wildman–Crippen LogP) is 2.73. The lowest BCUT2D eigenvalue weighted by Crippen LogP contribution is -2.25. The molecule has 1 atom stereocenters. The first kappa shape index (κ1) is 13.3.